The summed E-state index contributed by atoms with van der Waals surface area (Å²) in [6, 6.07) is 12.5. The topological polar surface area (TPSA) is 60.1 Å². The third kappa shape index (κ3) is 3.39. The molecule has 1 aromatic carbocycles. The van der Waals surface area contributed by atoms with Gasteiger partial charge in [-0.15, -0.1) is 0 Å². The van der Waals surface area contributed by atoms with Gasteiger partial charge in [0.1, 0.15) is 0 Å². The number of aromatic nitrogens is 3. The molecule has 3 aromatic rings. The number of H-pyrrole nitrogens is 1. The van der Waals surface area contributed by atoms with Gasteiger partial charge in [0.25, 0.3) is 0 Å². The summed E-state index contributed by atoms with van der Waals surface area (Å²) >= 11 is 6.07. The summed E-state index contributed by atoms with van der Waals surface area (Å²) in [4.78, 5) is 6.86. The molecule has 7 heteroatoms. The van der Waals surface area contributed by atoms with Gasteiger partial charge in [0.15, 0.2) is 0 Å². The molecule has 2 aliphatic heterocycles. The Hall–Kier alpha value is -2.41. The summed E-state index contributed by atoms with van der Waals surface area (Å²) in [7, 11) is 0. The maximum absolute atomic E-state index is 6.07. The number of halogens is 1. The van der Waals surface area contributed by atoms with Crippen LogP contribution >= 0.6 is 11.6 Å². The van der Waals surface area contributed by atoms with Gasteiger partial charge in [0.05, 0.1) is 23.6 Å². The quantitative estimate of drug-likeness (QED) is 0.698. The number of benzene rings is 1. The first-order chi connectivity index (χ1) is 13.8. The first-order valence-electron chi connectivity index (χ1n) is 9.74. The van der Waals surface area contributed by atoms with Crippen molar-refractivity contribution in [2.75, 3.05) is 18.1 Å². The average molecular weight is 395 g/mol. The molecule has 4 heterocycles. The van der Waals surface area contributed by atoms with Crippen LogP contribution in [0.25, 0.3) is 0 Å². The normalized spacial score (nSPS) is 20.5. The monoisotopic (exact) mass is 394 g/mol. The number of hydrazine groups is 1. The number of fused-ring (bicyclic) bond motifs is 1. The largest absolute Gasteiger partial charge is 0.298 e. The summed E-state index contributed by atoms with van der Waals surface area (Å²) < 4.78 is 0. The smallest absolute Gasteiger partial charge is 0.0809 e. The Bertz CT molecular complexity index is 918. The lowest BCUT2D eigenvalue weighted by molar-refractivity contribution is 0.154. The summed E-state index contributed by atoms with van der Waals surface area (Å²) in [6.45, 7) is 3.15. The molecule has 1 unspecified atom stereocenters. The fraction of sp³-hybridized carbons (Fsp3) is 0.333. The van der Waals surface area contributed by atoms with Gasteiger partial charge < -0.3 is 0 Å². The lowest BCUT2D eigenvalue weighted by Gasteiger charge is -2.35. The van der Waals surface area contributed by atoms with Crippen LogP contribution in [-0.4, -0.2) is 33.2 Å². The summed E-state index contributed by atoms with van der Waals surface area (Å²) in [5.74, 6) is 0.594. The van der Waals surface area contributed by atoms with E-state index in [9.17, 15) is 0 Å². The predicted octanol–water partition coefficient (Wildman–Crippen LogP) is 4.07. The number of piperidine rings is 1. The zero-order chi connectivity index (χ0) is 18.9. The zero-order valence-corrected chi connectivity index (χ0v) is 16.3. The number of hydrogen-bond acceptors (Lipinski definition) is 5. The van der Waals surface area contributed by atoms with Gasteiger partial charge in [-0.25, -0.2) is 5.43 Å². The van der Waals surface area contributed by atoms with Gasteiger partial charge in [-0.2, -0.15) is 5.10 Å². The number of nitrogens with zero attached hydrogens (tertiary/aromatic N) is 4. The van der Waals surface area contributed by atoms with E-state index in [2.05, 4.69) is 42.6 Å². The van der Waals surface area contributed by atoms with Gasteiger partial charge in [-0.05, 0) is 73.8 Å². The Morgan fingerprint density at radius 3 is 2.61 bits per heavy atom. The molecule has 0 amide bonds. The second-order valence-electron chi connectivity index (χ2n) is 7.55. The Morgan fingerprint density at radius 2 is 1.86 bits per heavy atom. The number of nitrogens with one attached hydrogen (secondary N) is 2. The van der Waals surface area contributed by atoms with Crippen molar-refractivity contribution < 1.29 is 0 Å². The lowest BCUT2D eigenvalue weighted by Crippen LogP contribution is -2.40. The van der Waals surface area contributed by atoms with Crippen LogP contribution in [0, 0.1) is 5.92 Å². The molecule has 0 aliphatic carbocycles. The van der Waals surface area contributed by atoms with Crippen LogP contribution in [-0.2, 0) is 6.54 Å². The maximum Gasteiger partial charge on any atom is 0.0809 e. The second kappa shape index (κ2) is 7.54. The van der Waals surface area contributed by atoms with Crippen LogP contribution in [0.1, 0.15) is 30.1 Å². The highest BCUT2D eigenvalue weighted by Crippen LogP contribution is 2.43. The first kappa shape index (κ1) is 17.7. The Labute approximate surface area is 169 Å². The number of aromatic amines is 1. The highest BCUT2D eigenvalue weighted by molar-refractivity contribution is 6.30. The lowest BCUT2D eigenvalue weighted by atomic mass is 9.86. The van der Waals surface area contributed by atoms with Crippen molar-refractivity contribution >= 4 is 23.0 Å². The third-order valence-electron chi connectivity index (χ3n) is 5.82. The Kier molecular flexibility index (Phi) is 4.76. The van der Waals surface area contributed by atoms with E-state index in [0.717, 1.165) is 36.0 Å². The van der Waals surface area contributed by atoms with E-state index in [4.69, 9.17) is 11.6 Å². The standard InChI is InChI=1S/C21H23ClN6/c22-16-1-3-18(4-2-16)28-20-13-23-9-6-19(20)21(26-28)15-7-11-27(12-8-15)14-17-5-10-24-25-17/h1-6,9-10,13,15,21,26H,7-8,11-12,14H2,(H,24,25). The van der Waals surface area contributed by atoms with Crippen molar-refractivity contribution in [1.29, 1.82) is 0 Å². The van der Waals surface area contributed by atoms with Crippen LogP contribution < -0.4 is 10.4 Å². The van der Waals surface area contributed by atoms with E-state index in [1.807, 2.05) is 42.9 Å². The number of hydrogen-bond donors (Lipinski definition) is 2. The zero-order valence-electron chi connectivity index (χ0n) is 15.6. The molecule has 0 saturated carbocycles. The highest BCUT2D eigenvalue weighted by Gasteiger charge is 2.36. The summed E-state index contributed by atoms with van der Waals surface area (Å²) in [5.41, 5.74) is 8.47. The molecular weight excluding hydrogens is 372 g/mol. The molecule has 2 aromatic heterocycles. The van der Waals surface area contributed by atoms with E-state index in [1.165, 1.54) is 24.1 Å². The minimum atomic E-state index is 0.308. The van der Waals surface area contributed by atoms with Crippen LogP contribution in [0.4, 0.5) is 11.4 Å². The Balaban J connectivity index is 1.31. The third-order valence-corrected chi connectivity index (χ3v) is 6.07. The van der Waals surface area contributed by atoms with Crippen LogP contribution in [0.5, 0.6) is 0 Å². The number of anilines is 2. The maximum atomic E-state index is 6.07. The van der Waals surface area contributed by atoms with Gasteiger partial charge in [0.2, 0.25) is 0 Å². The second-order valence-corrected chi connectivity index (χ2v) is 7.98. The van der Waals surface area contributed by atoms with Gasteiger partial charge >= 0.3 is 0 Å². The predicted molar refractivity (Wildman–Crippen MR) is 110 cm³/mol. The molecule has 1 fully saturated rings. The van der Waals surface area contributed by atoms with Gasteiger partial charge in [-0.3, -0.25) is 20.0 Å². The van der Waals surface area contributed by atoms with E-state index in [-0.39, 0.29) is 0 Å². The van der Waals surface area contributed by atoms with Crippen molar-refractivity contribution in [3.05, 3.63) is 71.3 Å². The SMILES string of the molecule is Clc1ccc(N2NC(C3CCN(Cc4ccn[nH]4)CC3)c3ccncc32)cc1. The van der Waals surface area contributed by atoms with E-state index < -0.39 is 0 Å². The molecule has 0 radical (unpaired) electrons. The average Bonchev–Trinajstić information content (AvgIpc) is 3.37. The van der Waals surface area contributed by atoms with E-state index in [1.54, 1.807) is 0 Å². The number of pyridine rings is 1. The van der Waals surface area contributed by atoms with E-state index in [0.29, 0.717) is 12.0 Å². The molecule has 28 heavy (non-hydrogen) atoms. The summed E-state index contributed by atoms with van der Waals surface area (Å²) in [5, 5.41) is 10.0. The molecule has 1 atom stereocenters. The molecule has 2 aliphatic rings. The minimum absolute atomic E-state index is 0.308. The molecule has 0 spiro atoms. The van der Waals surface area contributed by atoms with Gasteiger partial charge in [0, 0.05) is 29.7 Å². The van der Waals surface area contributed by atoms with Crippen LogP contribution in [0.3, 0.4) is 0 Å². The van der Waals surface area contributed by atoms with Crippen LogP contribution in [0.2, 0.25) is 5.02 Å². The van der Waals surface area contributed by atoms with Gasteiger partial charge in [-0.1, -0.05) is 11.6 Å². The van der Waals surface area contributed by atoms with Crippen molar-refractivity contribution in [1.82, 2.24) is 25.5 Å². The number of likely N-dealkylation sites (tertiary alicyclic amines) is 1. The summed E-state index contributed by atoms with van der Waals surface area (Å²) in [6.07, 6.45) is 8.00. The molecule has 144 valence electrons. The molecule has 0 bridgehead atoms. The molecule has 1 saturated heterocycles. The molecular formula is C21H23ClN6. The van der Waals surface area contributed by atoms with E-state index >= 15 is 0 Å². The fourth-order valence-corrected chi connectivity index (χ4v) is 4.47. The van der Waals surface area contributed by atoms with Crippen molar-refractivity contribution in [2.45, 2.75) is 25.4 Å². The van der Waals surface area contributed by atoms with Crippen molar-refractivity contribution in [3.63, 3.8) is 0 Å². The molecule has 5 rings (SSSR count). The first-order valence-corrected chi connectivity index (χ1v) is 10.1. The molecule has 2 N–H and O–H groups in total. The molecule has 6 nitrogen and oxygen atoms in total. The van der Waals surface area contributed by atoms with Crippen molar-refractivity contribution in [3.8, 4) is 0 Å². The fourth-order valence-electron chi connectivity index (χ4n) is 4.35. The Morgan fingerprint density at radius 1 is 1.04 bits per heavy atom. The van der Waals surface area contributed by atoms with Crippen molar-refractivity contribution in [2.24, 2.45) is 5.92 Å². The highest BCUT2D eigenvalue weighted by atomic mass is 35.5. The van der Waals surface area contributed by atoms with Crippen LogP contribution in [0.15, 0.2) is 55.0 Å². The minimum Gasteiger partial charge on any atom is -0.298 e. The number of rotatable bonds is 4.